The number of esters is 1. The van der Waals surface area contributed by atoms with Crippen LogP contribution in [-0.2, 0) is 9.53 Å². The Kier molecular flexibility index (Phi) is 8.41. The largest absolute Gasteiger partial charge is 0.490 e. The molecule has 1 atom stereocenters. The lowest BCUT2D eigenvalue weighted by Crippen LogP contribution is -2.40. The molecule has 0 aliphatic carbocycles. The summed E-state index contributed by atoms with van der Waals surface area (Å²) in [7, 11) is 0. The van der Waals surface area contributed by atoms with Gasteiger partial charge in [0.1, 0.15) is 0 Å². The normalized spacial score (nSPS) is 15.1. The van der Waals surface area contributed by atoms with Crippen LogP contribution in [0.1, 0.15) is 44.9 Å². The van der Waals surface area contributed by atoms with Crippen molar-refractivity contribution in [1.29, 1.82) is 0 Å². The van der Waals surface area contributed by atoms with Gasteiger partial charge in [0, 0.05) is 0 Å². The second-order valence-corrected chi connectivity index (χ2v) is 11.2. The van der Waals surface area contributed by atoms with Crippen molar-refractivity contribution in [3.63, 3.8) is 0 Å². The molecule has 3 aromatic carbocycles. The Morgan fingerprint density at radius 3 is 2.55 bits per heavy atom. The minimum Gasteiger partial charge on any atom is -0.490 e. The predicted octanol–water partition coefficient (Wildman–Crippen LogP) is 5.35. The molecule has 0 radical (unpaired) electrons. The Morgan fingerprint density at radius 2 is 1.80 bits per heavy atom. The molecule has 40 heavy (non-hydrogen) atoms. The summed E-state index contributed by atoms with van der Waals surface area (Å²) in [5, 5.41) is 1.98. The summed E-state index contributed by atoms with van der Waals surface area (Å²) in [6, 6.07) is 17.1. The summed E-state index contributed by atoms with van der Waals surface area (Å²) >= 11 is 3.52. The van der Waals surface area contributed by atoms with Gasteiger partial charge in [0.2, 0.25) is 0 Å². The Hall–Kier alpha value is -3.44. The first kappa shape index (κ1) is 28.1. The van der Waals surface area contributed by atoms with E-state index < -0.39 is 12.0 Å². The number of hydrogen-bond acceptors (Lipinski definition) is 7. The first-order valence-electron chi connectivity index (χ1n) is 13.1. The number of carbonyl (C=O) groups excluding carboxylic acids is 1. The lowest BCUT2D eigenvalue weighted by Gasteiger charge is -2.25. The smallest absolute Gasteiger partial charge is 0.338 e. The molecule has 0 spiro atoms. The number of halogens is 1. The van der Waals surface area contributed by atoms with Crippen LogP contribution in [0, 0.1) is 3.57 Å². The number of aromatic nitrogens is 1. The molecule has 0 amide bonds. The minimum atomic E-state index is -0.678. The SMILES string of the molecule is CCOC(=O)C1=C(C)N=c2s/c(=C/c3cc(I)c(OCC)c(OCC)c3)c(=O)n2[C@H]1c1cccc2ccccc12. The third-order valence-corrected chi connectivity index (χ3v) is 8.34. The molecule has 0 saturated carbocycles. The standard InChI is InChI=1S/C31H29IN2O5S/c1-5-37-24-16-19(15-23(32)28(24)38-6-2)17-25-29(35)34-27(22-14-10-12-20-11-8-9-13-21(20)22)26(30(36)39-7-3)18(4)33-31(34)40-25/h8-17,27H,5-7H2,1-4H3/b25-17+/t27-/m0/s1. The summed E-state index contributed by atoms with van der Waals surface area (Å²) in [6.45, 7) is 8.65. The third-order valence-electron chi connectivity index (χ3n) is 6.55. The monoisotopic (exact) mass is 668 g/mol. The van der Waals surface area contributed by atoms with E-state index in [2.05, 4.69) is 22.6 Å². The zero-order valence-electron chi connectivity index (χ0n) is 22.7. The highest BCUT2D eigenvalue weighted by atomic mass is 127. The third kappa shape index (κ3) is 5.19. The van der Waals surface area contributed by atoms with Crippen LogP contribution in [0.4, 0.5) is 0 Å². The molecule has 0 bridgehead atoms. The topological polar surface area (TPSA) is 79.1 Å². The van der Waals surface area contributed by atoms with Gasteiger partial charge in [-0.2, -0.15) is 0 Å². The average molecular weight is 669 g/mol. The molecule has 1 aliphatic rings. The summed E-state index contributed by atoms with van der Waals surface area (Å²) in [6.07, 6.45) is 1.84. The van der Waals surface area contributed by atoms with Crippen molar-refractivity contribution in [2.24, 2.45) is 4.99 Å². The molecule has 4 aromatic rings. The highest BCUT2D eigenvalue weighted by Crippen LogP contribution is 2.36. The highest BCUT2D eigenvalue weighted by Gasteiger charge is 2.34. The minimum absolute atomic E-state index is 0.223. The first-order chi connectivity index (χ1) is 19.4. The maximum Gasteiger partial charge on any atom is 0.338 e. The number of rotatable bonds is 8. The van der Waals surface area contributed by atoms with Gasteiger partial charge in [-0.1, -0.05) is 53.8 Å². The van der Waals surface area contributed by atoms with Gasteiger partial charge < -0.3 is 14.2 Å². The van der Waals surface area contributed by atoms with Crippen molar-refractivity contribution < 1.29 is 19.0 Å². The zero-order valence-corrected chi connectivity index (χ0v) is 25.7. The summed E-state index contributed by atoms with van der Waals surface area (Å²) in [5.74, 6) is 0.844. The number of ether oxygens (including phenoxy) is 3. The van der Waals surface area contributed by atoms with E-state index in [4.69, 9.17) is 19.2 Å². The molecule has 206 valence electrons. The van der Waals surface area contributed by atoms with E-state index in [1.807, 2.05) is 74.5 Å². The zero-order chi connectivity index (χ0) is 28.4. The molecule has 2 heterocycles. The summed E-state index contributed by atoms with van der Waals surface area (Å²) < 4.78 is 20.1. The van der Waals surface area contributed by atoms with Gasteiger partial charge in [-0.25, -0.2) is 9.79 Å². The molecule has 9 heteroatoms. The van der Waals surface area contributed by atoms with Crippen LogP contribution in [0.5, 0.6) is 11.5 Å². The summed E-state index contributed by atoms with van der Waals surface area (Å²) in [4.78, 5) is 32.6. The number of allylic oxidation sites excluding steroid dienone is 1. The van der Waals surface area contributed by atoms with E-state index in [1.54, 1.807) is 18.4 Å². The van der Waals surface area contributed by atoms with E-state index in [9.17, 15) is 9.59 Å². The van der Waals surface area contributed by atoms with Crippen LogP contribution in [-0.4, -0.2) is 30.4 Å². The first-order valence-corrected chi connectivity index (χ1v) is 15.0. The van der Waals surface area contributed by atoms with E-state index in [-0.39, 0.29) is 12.2 Å². The quantitative estimate of drug-likeness (QED) is 0.187. The maximum atomic E-state index is 14.1. The fourth-order valence-electron chi connectivity index (χ4n) is 4.94. The second kappa shape index (κ2) is 12.0. The second-order valence-electron chi connectivity index (χ2n) is 9.07. The Morgan fingerprint density at radius 1 is 1.05 bits per heavy atom. The van der Waals surface area contributed by atoms with E-state index in [1.165, 1.54) is 11.3 Å². The van der Waals surface area contributed by atoms with Crippen molar-refractivity contribution in [3.05, 3.63) is 100 Å². The molecule has 1 aromatic heterocycles. The lowest BCUT2D eigenvalue weighted by molar-refractivity contribution is -0.139. The Labute approximate surface area is 249 Å². The van der Waals surface area contributed by atoms with Gasteiger partial charge in [-0.05, 0) is 90.4 Å². The van der Waals surface area contributed by atoms with Crippen molar-refractivity contribution in [2.75, 3.05) is 19.8 Å². The molecule has 0 N–H and O–H groups in total. The number of nitrogens with zero attached hydrogens (tertiary/aromatic N) is 2. The van der Waals surface area contributed by atoms with Gasteiger partial charge >= 0.3 is 5.97 Å². The molecule has 1 aliphatic heterocycles. The van der Waals surface area contributed by atoms with Crippen LogP contribution >= 0.6 is 33.9 Å². The molecule has 7 nitrogen and oxygen atoms in total. The lowest BCUT2D eigenvalue weighted by atomic mass is 9.91. The Bertz CT molecular complexity index is 1820. The van der Waals surface area contributed by atoms with Crippen LogP contribution in [0.2, 0.25) is 0 Å². The fourth-order valence-corrected chi connectivity index (χ4v) is 6.77. The average Bonchev–Trinajstić information content (AvgIpc) is 3.23. The van der Waals surface area contributed by atoms with Crippen LogP contribution in [0.3, 0.4) is 0 Å². The summed E-state index contributed by atoms with van der Waals surface area (Å²) in [5.41, 5.74) is 2.34. The van der Waals surface area contributed by atoms with Gasteiger partial charge in [-0.3, -0.25) is 9.36 Å². The molecule has 5 rings (SSSR count). The molecular formula is C31H29IN2O5S. The van der Waals surface area contributed by atoms with Crippen molar-refractivity contribution in [1.82, 2.24) is 4.57 Å². The van der Waals surface area contributed by atoms with Crippen molar-refractivity contribution >= 4 is 56.7 Å². The van der Waals surface area contributed by atoms with Gasteiger partial charge in [0.25, 0.3) is 5.56 Å². The number of hydrogen-bond donors (Lipinski definition) is 0. The molecule has 0 saturated heterocycles. The van der Waals surface area contributed by atoms with Crippen LogP contribution in [0.15, 0.2) is 75.7 Å². The van der Waals surface area contributed by atoms with Gasteiger partial charge in [0.15, 0.2) is 16.3 Å². The van der Waals surface area contributed by atoms with Crippen LogP contribution in [0.25, 0.3) is 16.8 Å². The van der Waals surface area contributed by atoms with Gasteiger partial charge in [-0.15, -0.1) is 0 Å². The number of benzene rings is 3. The molecule has 0 unspecified atom stereocenters. The van der Waals surface area contributed by atoms with Crippen LogP contribution < -0.4 is 24.4 Å². The Balaban J connectivity index is 1.74. The van der Waals surface area contributed by atoms with E-state index in [0.717, 1.165) is 25.5 Å². The number of fused-ring (bicyclic) bond motifs is 2. The highest BCUT2D eigenvalue weighted by molar-refractivity contribution is 14.1. The number of thiazole rings is 1. The maximum absolute atomic E-state index is 14.1. The van der Waals surface area contributed by atoms with Gasteiger partial charge in [0.05, 0.1) is 45.2 Å². The van der Waals surface area contributed by atoms with Crippen molar-refractivity contribution in [3.8, 4) is 11.5 Å². The predicted molar refractivity (Wildman–Crippen MR) is 166 cm³/mol. The molecular weight excluding hydrogens is 639 g/mol. The van der Waals surface area contributed by atoms with E-state index >= 15 is 0 Å². The van der Waals surface area contributed by atoms with E-state index in [0.29, 0.717) is 45.3 Å². The van der Waals surface area contributed by atoms with Crippen molar-refractivity contribution in [2.45, 2.75) is 33.7 Å². The fraction of sp³-hybridized carbons (Fsp3) is 0.258. The molecule has 0 fully saturated rings. The number of carbonyl (C=O) groups is 1.